The summed E-state index contributed by atoms with van der Waals surface area (Å²) in [4.78, 5) is 0. The van der Waals surface area contributed by atoms with Crippen molar-refractivity contribution in [3.05, 3.63) is 58.7 Å². The molecule has 2 aromatic carbocycles. The Hall–Kier alpha value is -1.96. The lowest BCUT2D eigenvalue weighted by atomic mass is 9.64. The van der Waals surface area contributed by atoms with Crippen LogP contribution in [0.2, 0.25) is 0 Å². The van der Waals surface area contributed by atoms with Crippen LogP contribution in [0.3, 0.4) is 0 Å². The minimum absolute atomic E-state index is 0.0168. The summed E-state index contributed by atoms with van der Waals surface area (Å²) >= 11 is 0. The number of aromatic hydroxyl groups is 2. The molecule has 28 heavy (non-hydrogen) atoms. The van der Waals surface area contributed by atoms with E-state index in [-0.39, 0.29) is 5.41 Å². The molecule has 2 heteroatoms. The first-order chi connectivity index (χ1) is 13.3. The molecular formula is C26H36O2. The van der Waals surface area contributed by atoms with Crippen molar-refractivity contribution in [2.75, 3.05) is 0 Å². The van der Waals surface area contributed by atoms with E-state index in [1.807, 2.05) is 12.1 Å². The van der Waals surface area contributed by atoms with E-state index >= 15 is 0 Å². The van der Waals surface area contributed by atoms with Gasteiger partial charge >= 0.3 is 0 Å². The molecule has 0 spiro atoms. The zero-order valence-electron chi connectivity index (χ0n) is 18.0. The van der Waals surface area contributed by atoms with Gasteiger partial charge in [0, 0.05) is 5.41 Å². The Morgan fingerprint density at radius 1 is 0.714 bits per heavy atom. The Balaban J connectivity index is 2.10. The molecule has 1 saturated carbocycles. The van der Waals surface area contributed by atoms with Gasteiger partial charge in [0.1, 0.15) is 11.5 Å². The van der Waals surface area contributed by atoms with Gasteiger partial charge in [-0.25, -0.2) is 0 Å². The number of rotatable bonds is 6. The van der Waals surface area contributed by atoms with Crippen LogP contribution in [0.5, 0.6) is 11.5 Å². The summed E-state index contributed by atoms with van der Waals surface area (Å²) in [6, 6.07) is 12.5. The molecule has 2 aromatic rings. The number of phenols is 2. The summed E-state index contributed by atoms with van der Waals surface area (Å²) in [7, 11) is 0. The second kappa shape index (κ2) is 8.59. The van der Waals surface area contributed by atoms with Crippen molar-refractivity contribution in [1.29, 1.82) is 0 Å². The number of hydrogen-bond acceptors (Lipinski definition) is 2. The average molecular weight is 381 g/mol. The lowest BCUT2D eigenvalue weighted by Gasteiger charge is -2.39. The minimum atomic E-state index is -0.0168. The molecule has 0 aromatic heterocycles. The highest BCUT2D eigenvalue weighted by atomic mass is 16.3. The molecule has 2 nitrogen and oxygen atoms in total. The minimum Gasteiger partial charge on any atom is -0.508 e. The molecule has 1 aliphatic rings. The zero-order valence-corrected chi connectivity index (χ0v) is 18.0. The van der Waals surface area contributed by atoms with Crippen LogP contribution in [0.15, 0.2) is 36.4 Å². The molecule has 0 aliphatic heterocycles. The highest BCUT2D eigenvalue weighted by Crippen LogP contribution is 2.46. The van der Waals surface area contributed by atoms with Crippen LogP contribution in [-0.2, 0) is 18.3 Å². The summed E-state index contributed by atoms with van der Waals surface area (Å²) in [5.41, 5.74) is 4.73. The fourth-order valence-corrected chi connectivity index (χ4v) is 4.87. The van der Waals surface area contributed by atoms with Crippen LogP contribution in [0.1, 0.15) is 82.1 Å². The van der Waals surface area contributed by atoms with Gasteiger partial charge in [-0.15, -0.1) is 0 Å². The smallest absolute Gasteiger partial charge is 0.118 e. The Morgan fingerprint density at radius 2 is 1.14 bits per heavy atom. The van der Waals surface area contributed by atoms with Crippen molar-refractivity contribution in [3.63, 3.8) is 0 Å². The standard InChI is InChI=1S/C26H36O2/c1-18(2)14-20-16-22(8-10-24(20)27)26(12-6-5-7-13-26)23-9-11-25(28)21(17-23)15-19(3)4/h8-11,16-19,27-28H,5-7,12-15H2,1-4H3. The maximum atomic E-state index is 10.4. The Labute approximate surface area is 170 Å². The van der Waals surface area contributed by atoms with Crippen LogP contribution in [0.4, 0.5) is 0 Å². The van der Waals surface area contributed by atoms with Crippen LogP contribution in [0.25, 0.3) is 0 Å². The molecule has 0 heterocycles. The monoisotopic (exact) mass is 380 g/mol. The van der Waals surface area contributed by atoms with E-state index in [1.54, 1.807) is 0 Å². The summed E-state index contributed by atoms with van der Waals surface area (Å²) in [6.45, 7) is 8.78. The van der Waals surface area contributed by atoms with Crippen LogP contribution >= 0.6 is 0 Å². The van der Waals surface area contributed by atoms with Crippen molar-refractivity contribution < 1.29 is 10.2 Å². The third-order valence-electron chi connectivity index (χ3n) is 6.23. The highest BCUT2D eigenvalue weighted by molar-refractivity contribution is 5.48. The lowest BCUT2D eigenvalue weighted by molar-refractivity contribution is 0.344. The third kappa shape index (κ3) is 4.37. The first-order valence-electron chi connectivity index (χ1n) is 11.0. The van der Waals surface area contributed by atoms with E-state index in [1.165, 1.54) is 30.4 Å². The van der Waals surface area contributed by atoms with Gasteiger partial charge in [0.15, 0.2) is 0 Å². The van der Waals surface area contributed by atoms with Crippen molar-refractivity contribution in [2.45, 2.75) is 78.1 Å². The topological polar surface area (TPSA) is 40.5 Å². The molecule has 3 rings (SSSR count). The van der Waals surface area contributed by atoms with E-state index in [4.69, 9.17) is 0 Å². The maximum absolute atomic E-state index is 10.4. The first kappa shape index (κ1) is 20.8. The average Bonchev–Trinajstić information content (AvgIpc) is 2.65. The zero-order chi connectivity index (χ0) is 20.3. The summed E-state index contributed by atoms with van der Waals surface area (Å²) in [6.07, 6.45) is 7.78. The molecule has 1 fully saturated rings. The predicted molar refractivity (Wildman–Crippen MR) is 117 cm³/mol. The fraction of sp³-hybridized carbons (Fsp3) is 0.538. The molecular weight excluding hydrogens is 344 g/mol. The Bertz CT molecular complexity index is 737. The number of benzene rings is 2. The SMILES string of the molecule is CC(C)Cc1cc(C2(c3ccc(O)c(CC(C)C)c3)CCCCC2)ccc1O. The van der Waals surface area contributed by atoms with Gasteiger partial charge in [0.25, 0.3) is 0 Å². The van der Waals surface area contributed by atoms with Gasteiger partial charge in [0.2, 0.25) is 0 Å². The van der Waals surface area contributed by atoms with Crippen molar-refractivity contribution in [2.24, 2.45) is 11.8 Å². The Kier molecular flexibility index (Phi) is 6.37. The summed E-state index contributed by atoms with van der Waals surface area (Å²) < 4.78 is 0. The number of phenolic OH excluding ortho intramolecular Hbond substituents is 2. The quantitative estimate of drug-likeness (QED) is 0.582. The van der Waals surface area contributed by atoms with E-state index in [0.717, 1.165) is 36.8 Å². The van der Waals surface area contributed by atoms with Crippen LogP contribution in [-0.4, -0.2) is 10.2 Å². The van der Waals surface area contributed by atoms with E-state index in [9.17, 15) is 10.2 Å². The van der Waals surface area contributed by atoms with Gasteiger partial charge in [-0.3, -0.25) is 0 Å². The number of hydrogen-bond donors (Lipinski definition) is 2. The second-order valence-electron chi connectivity index (χ2n) is 9.53. The second-order valence-corrected chi connectivity index (χ2v) is 9.53. The maximum Gasteiger partial charge on any atom is 0.118 e. The van der Waals surface area contributed by atoms with Crippen molar-refractivity contribution in [3.8, 4) is 11.5 Å². The predicted octanol–water partition coefficient (Wildman–Crippen LogP) is 6.75. The van der Waals surface area contributed by atoms with Crippen molar-refractivity contribution >= 4 is 0 Å². The first-order valence-corrected chi connectivity index (χ1v) is 11.0. The molecule has 2 N–H and O–H groups in total. The summed E-state index contributed by atoms with van der Waals surface area (Å²) in [5.74, 6) is 1.84. The third-order valence-corrected chi connectivity index (χ3v) is 6.23. The molecule has 152 valence electrons. The largest absolute Gasteiger partial charge is 0.508 e. The van der Waals surface area contributed by atoms with Gasteiger partial charge < -0.3 is 10.2 Å². The van der Waals surface area contributed by atoms with Gasteiger partial charge in [-0.1, -0.05) is 71.2 Å². The van der Waals surface area contributed by atoms with Gasteiger partial charge in [-0.05, 0) is 71.9 Å². The van der Waals surface area contributed by atoms with Gasteiger partial charge in [-0.2, -0.15) is 0 Å². The molecule has 1 aliphatic carbocycles. The van der Waals surface area contributed by atoms with Crippen LogP contribution in [0, 0.1) is 11.8 Å². The lowest BCUT2D eigenvalue weighted by Crippen LogP contribution is -2.30. The molecule has 0 unspecified atom stereocenters. The van der Waals surface area contributed by atoms with Crippen LogP contribution < -0.4 is 0 Å². The molecule has 0 bridgehead atoms. The molecule has 0 saturated heterocycles. The molecule has 0 atom stereocenters. The van der Waals surface area contributed by atoms with E-state index < -0.39 is 0 Å². The Morgan fingerprint density at radius 3 is 1.54 bits per heavy atom. The highest BCUT2D eigenvalue weighted by Gasteiger charge is 2.36. The summed E-state index contributed by atoms with van der Waals surface area (Å²) in [5, 5.41) is 20.8. The molecule has 0 radical (unpaired) electrons. The van der Waals surface area contributed by atoms with E-state index in [0.29, 0.717) is 23.3 Å². The van der Waals surface area contributed by atoms with E-state index in [2.05, 4.69) is 52.0 Å². The van der Waals surface area contributed by atoms with Gasteiger partial charge in [0.05, 0.1) is 0 Å². The fourth-order valence-electron chi connectivity index (χ4n) is 4.87. The van der Waals surface area contributed by atoms with Crippen molar-refractivity contribution in [1.82, 2.24) is 0 Å². The normalized spacial score (nSPS) is 16.6. The molecule has 0 amide bonds.